The molecule has 0 radical (unpaired) electrons. The molecule has 0 bridgehead atoms. The van der Waals surface area contributed by atoms with Crippen LogP contribution in [0.4, 0.5) is 0 Å². The summed E-state index contributed by atoms with van der Waals surface area (Å²) in [6, 6.07) is 3.91. The Morgan fingerprint density at radius 1 is 1.29 bits per heavy atom. The molecule has 1 saturated carbocycles. The zero-order valence-corrected chi connectivity index (χ0v) is 11.2. The van der Waals surface area contributed by atoms with Crippen molar-refractivity contribution >= 4 is 10.8 Å². The molecule has 0 spiro atoms. The standard InChI is InChI=1S/C13H21NO2S/c1-14-9-11-7-8-12(16-11)10-17(15)13-5-3-2-4-6-13/h7-8,13-14H,2-6,9-10H2,1H3. The molecule has 2 rings (SSSR count). The summed E-state index contributed by atoms with van der Waals surface area (Å²) in [7, 11) is 1.13. The Morgan fingerprint density at radius 3 is 2.71 bits per heavy atom. The molecule has 0 aromatic carbocycles. The van der Waals surface area contributed by atoms with E-state index in [2.05, 4.69) is 5.32 Å². The maximum absolute atomic E-state index is 12.2. The van der Waals surface area contributed by atoms with Gasteiger partial charge in [-0.15, -0.1) is 0 Å². The van der Waals surface area contributed by atoms with E-state index in [0.29, 0.717) is 11.0 Å². The Kier molecular flexibility index (Phi) is 4.80. The van der Waals surface area contributed by atoms with Crippen LogP contribution >= 0.6 is 0 Å². The van der Waals surface area contributed by atoms with E-state index in [9.17, 15) is 4.21 Å². The summed E-state index contributed by atoms with van der Waals surface area (Å²) in [5, 5.41) is 3.43. The molecular formula is C13H21NO2S. The van der Waals surface area contributed by atoms with Gasteiger partial charge in [-0.1, -0.05) is 19.3 Å². The predicted molar refractivity (Wildman–Crippen MR) is 70.2 cm³/mol. The summed E-state index contributed by atoms with van der Waals surface area (Å²) in [6.45, 7) is 0.732. The molecule has 1 aliphatic carbocycles. The highest BCUT2D eigenvalue weighted by molar-refractivity contribution is 7.84. The van der Waals surface area contributed by atoms with Crippen LogP contribution in [0, 0.1) is 0 Å². The number of hydrogen-bond donors (Lipinski definition) is 1. The Hall–Kier alpha value is -0.610. The Bertz CT molecular complexity index is 369. The molecule has 1 aromatic rings. The van der Waals surface area contributed by atoms with Crippen molar-refractivity contribution in [3.05, 3.63) is 23.7 Å². The molecular weight excluding hydrogens is 234 g/mol. The molecule has 1 fully saturated rings. The van der Waals surface area contributed by atoms with Gasteiger partial charge in [0.25, 0.3) is 0 Å². The largest absolute Gasteiger partial charge is 0.464 e. The maximum Gasteiger partial charge on any atom is 0.117 e. The van der Waals surface area contributed by atoms with Gasteiger partial charge >= 0.3 is 0 Å². The van der Waals surface area contributed by atoms with Crippen molar-refractivity contribution in [1.29, 1.82) is 0 Å². The number of rotatable bonds is 5. The van der Waals surface area contributed by atoms with Gasteiger partial charge in [0.2, 0.25) is 0 Å². The lowest BCUT2D eigenvalue weighted by molar-refractivity contribution is 0.464. The van der Waals surface area contributed by atoms with E-state index in [1.165, 1.54) is 19.3 Å². The zero-order valence-electron chi connectivity index (χ0n) is 10.4. The molecule has 3 nitrogen and oxygen atoms in total. The minimum absolute atomic E-state index is 0.390. The fourth-order valence-corrected chi connectivity index (χ4v) is 3.89. The number of hydrogen-bond acceptors (Lipinski definition) is 3. The third-order valence-electron chi connectivity index (χ3n) is 3.28. The van der Waals surface area contributed by atoms with Crippen LogP contribution in [0.15, 0.2) is 16.5 Å². The van der Waals surface area contributed by atoms with Crippen molar-refractivity contribution < 1.29 is 8.63 Å². The first-order valence-electron chi connectivity index (χ1n) is 6.39. The summed E-state index contributed by atoms with van der Waals surface area (Å²) in [6.07, 6.45) is 6.02. The minimum Gasteiger partial charge on any atom is -0.464 e. The summed E-state index contributed by atoms with van der Waals surface area (Å²) >= 11 is 0. The van der Waals surface area contributed by atoms with Gasteiger partial charge in [0, 0.05) is 16.0 Å². The molecule has 1 aliphatic rings. The zero-order chi connectivity index (χ0) is 12.1. The smallest absolute Gasteiger partial charge is 0.117 e. The molecule has 0 aliphatic heterocycles. The van der Waals surface area contributed by atoms with E-state index in [1.807, 2.05) is 19.2 Å². The van der Waals surface area contributed by atoms with Gasteiger partial charge < -0.3 is 9.73 Å². The van der Waals surface area contributed by atoms with Crippen LogP contribution in [0.5, 0.6) is 0 Å². The van der Waals surface area contributed by atoms with Crippen molar-refractivity contribution in [1.82, 2.24) is 5.32 Å². The molecule has 17 heavy (non-hydrogen) atoms. The van der Waals surface area contributed by atoms with Crippen LogP contribution < -0.4 is 5.32 Å². The van der Waals surface area contributed by atoms with Crippen molar-refractivity contribution in [2.24, 2.45) is 0 Å². The van der Waals surface area contributed by atoms with Gasteiger partial charge in [-0.05, 0) is 32.0 Å². The van der Waals surface area contributed by atoms with Crippen LogP contribution in [0.1, 0.15) is 43.6 Å². The van der Waals surface area contributed by atoms with Crippen molar-refractivity contribution in [2.45, 2.75) is 49.7 Å². The van der Waals surface area contributed by atoms with Gasteiger partial charge in [0.1, 0.15) is 11.5 Å². The third-order valence-corrected chi connectivity index (χ3v) is 5.06. The van der Waals surface area contributed by atoms with Gasteiger partial charge in [-0.3, -0.25) is 4.21 Å². The molecule has 1 unspecified atom stereocenters. The summed E-state index contributed by atoms with van der Waals surface area (Å²) in [5.41, 5.74) is 0. The fraction of sp³-hybridized carbons (Fsp3) is 0.692. The van der Waals surface area contributed by atoms with E-state index in [-0.39, 0.29) is 0 Å². The summed E-state index contributed by atoms with van der Waals surface area (Å²) in [5.74, 6) is 2.36. The highest BCUT2D eigenvalue weighted by atomic mass is 32.2. The average molecular weight is 255 g/mol. The molecule has 1 N–H and O–H groups in total. The van der Waals surface area contributed by atoms with Gasteiger partial charge in [-0.2, -0.15) is 0 Å². The van der Waals surface area contributed by atoms with E-state index in [4.69, 9.17) is 4.42 Å². The van der Waals surface area contributed by atoms with Crippen molar-refractivity contribution in [3.63, 3.8) is 0 Å². The average Bonchev–Trinajstić information content (AvgIpc) is 2.78. The summed E-state index contributed by atoms with van der Waals surface area (Å²) < 4.78 is 17.8. The predicted octanol–water partition coefficient (Wildman–Crippen LogP) is 2.58. The van der Waals surface area contributed by atoms with Crippen LogP contribution in [0.3, 0.4) is 0 Å². The topological polar surface area (TPSA) is 42.2 Å². The second-order valence-electron chi connectivity index (χ2n) is 4.68. The van der Waals surface area contributed by atoms with Crippen molar-refractivity contribution in [3.8, 4) is 0 Å². The number of furan rings is 1. The molecule has 0 amide bonds. The lowest BCUT2D eigenvalue weighted by Crippen LogP contribution is -2.19. The first-order chi connectivity index (χ1) is 8.29. The van der Waals surface area contributed by atoms with Gasteiger partial charge in [-0.25, -0.2) is 0 Å². The van der Waals surface area contributed by atoms with Crippen LogP contribution in [0.2, 0.25) is 0 Å². The lowest BCUT2D eigenvalue weighted by Gasteiger charge is -2.20. The monoisotopic (exact) mass is 255 g/mol. The minimum atomic E-state index is -0.762. The highest BCUT2D eigenvalue weighted by Crippen LogP contribution is 2.24. The SMILES string of the molecule is CNCc1ccc(CS(=O)C2CCCCC2)o1. The second-order valence-corrected chi connectivity index (χ2v) is 6.40. The van der Waals surface area contributed by atoms with Crippen LogP contribution in [-0.4, -0.2) is 16.5 Å². The normalized spacial score (nSPS) is 19.4. The fourth-order valence-electron chi connectivity index (χ4n) is 2.36. The molecule has 1 aromatic heterocycles. The van der Waals surface area contributed by atoms with E-state index < -0.39 is 10.8 Å². The lowest BCUT2D eigenvalue weighted by atomic mass is 10.0. The van der Waals surface area contributed by atoms with Crippen molar-refractivity contribution in [2.75, 3.05) is 7.05 Å². The highest BCUT2D eigenvalue weighted by Gasteiger charge is 2.20. The van der Waals surface area contributed by atoms with E-state index in [0.717, 1.165) is 30.9 Å². The summed E-state index contributed by atoms with van der Waals surface area (Å²) in [4.78, 5) is 0. The Balaban J connectivity index is 1.88. The molecule has 4 heteroatoms. The van der Waals surface area contributed by atoms with Gasteiger partial charge in [0.05, 0.1) is 12.3 Å². The first-order valence-corrected chi connectivity index (χ1v) is 7.77. The molecule has 0 saturated heterocycles. The number of nitrogens with one attached hydrogen (secondary N) is 1. The Labute approximate surface area is 105 Å². The quantitative estimate of drug-likeness (QED) is 0.879. The van der Waals surface area contributed by atoms with Gasteiger partial charge in [0.15, 0.2) is 0 Å². The van der Waals surface area contributed by atoms with Crippen LogP contribution in [-0.2, 0) is 23.1 Å². The third kappa shape index (κ3) is 3.68. The van der Waals surface area contributed by atoms with Crippen LogP contribution in [0.25, 0.3) is 0 Å². The second kappa shape index (κ2) is 6.36. The first kappa shape index (κ1) is 12.8. The van der Waals surface area contributed by atoms with E-state index in [1.54, 1.807) is 0 Å². The molecule has 1 heterocycles. The Morgan fingerprint density at radius 2 is 2.00 bits per heavy atom. The van der Waals surface area contributed by atoms with E-state index >= 15 is 0 Å². The molecule has 1 atom stereocenters. The maximum atomic E-state index is 12.2. The molecule has 96 valence electrons.